The Bertz CT molecular complexity index is 410. The molecule has 0 saturated heterocycles. The van der Waals surface area contributed by atoms with E-state index in [0.29, 0.717) is 30.8 Å². The van der Waals surface area contributed by atoms with Crippen LogP contribution in [0, 0.1) is 11.3 Å². The SMILES string of the molecule is CNc1nc(N(C)C)nc(N(C)CCC#N)n1. The van der Waals surface area contributed by atoms with Crippen LogP contribution >= 0.6 is 0 Å². The predicted octanol–water partition coefficient (Wildman–Crippen LogP) is 0.329. The van der Waals surface area contributed by atoms with Crippen molar-refractivity contribution in [2.45, 2.75) is 6.42 Å². The van der Waals surface area contributed by atoms with Gasteiger partial charge in [-0.1, -0.05) is 0 Å². The summed E-state index contributed by atoms with van der Waals surface area (Å²) in [7, 11) is 7.35. The number of nitrogens with one attached hydrogen (secondary N) is 1. The highest BCUT2D eigenvalue weighted by atomic mass is 15.3. The Morgan fingerprint density at radius 2 is 1.82 bits per heavy atom. The normalized spacial score (nSPS) is 9.59. The van der Waals surface area contributed by atoms with Gasteiger partial charge < -0.3 is 15.1 Å². The van der Waals surface area contributed by atoms with E-state index in [1.165, 1.54) is 0 Å². The highest BCUT2D eigenvalue weighted by Crippen LogP contribution is 2.13. The average molecular weight is 235 g/mol. The molecule has 92 valence electrons. The number of rotatable bonds is 5. The van der Waals surface area contributed by atoms with Crippen LogP contribution in [0.1, 0.15) is 6.42 Å². The van der Waals surface area contributed by atoms with Crippen molar-refractivity contribution in [1.29, 1.82) is 5.26 Å². The zero-order chi connectivity index (χ0) is 12.8. The summed E-state index contributed by atoms with van der Waals surface area (Å²) in [6, 6.07) is 2.10. The lowest BCUT2D eigenvalue weighted by Gasteiger charge is -2.18. The highest BCUT2D eigenvalue weighted by Gasteiger charge is 2.10. The molecule has 0 atom stereocenters. The lowest BCUT2D eigenvalue weighted by molar-refractivity contribution is 0.839. The first kappa shape index (κ1) is 13.0. The highest BCUT2D eigenvalue weighted by molar-refractivity contribution is 5.43. The lowest BCUT2D eigenvalue weighted by atomic mass is 10.4. The van der Waals surface area contributed by atoms with E-state index >= 15 is 0 Å². The number of hydrogen-bond donors (Lipinski definition) is 1. The zero-order valence-corrected chi connectivity index (χ0v) is 10.6. The molecule has 1 aromatic rings. The largest absolute Gasteiger partial charge is 0.357 e. The van der Waals surface area contributed by atoms with Gasteiger partial charge >= 0.3 is 0 Å². The summed E-state index contributed by atoms with van der Waals surface area (Å²) >= 11 is 0. The molecule has 0 saturated carbocycles. The van der Waals surface area contributed by atoms with Crippen molar-refractivity contribution in [3.63, 3.8) is 0 Å². The molecule has 17 heavy (non-hydrogen) atoms. The van der Waals surface area contributed by atoms with E-state index < -0.39 is 0 Å². The molecular weight excluding hydrogens is 218 g/mol. The number of nitrogens with zero attached hydrogens (tertiary/aromatic N) is 6. The van der Waals surface area contributed by atoms with E-state index in [1.54, 1.807) is 7.05 Å². The molecule has 1 aromatic heterocycles. The molecule has 0 unspecified atom stereocenters. The smallest absolute Gasteiger partial charge is 0.231 e. The van der Waals surface area contributed by atoms with Crippen molar-refractivity contribution >= 4 is 17.8 Å². The minimum absolute atomic E-state index is 0.439. The Morgan fingerprint density at radius 1 is 1.18 bits per heavy atom. The summed E-state index contributed by atoms with van der Waals surface area (Å²) in [5.41, 5.74) is 0. The van der Waals surface area contributed by atoms with Gasteiger partial charge in [0.1, 0.15) is 0 Å². The summed E-state index contributed by atoms with van der Waals surface area (Å²) in [6.07, 6.45) is 0.439. The maximum Gasteiger partial charge on any atom is 0.231 e. The summed E-state index contributed by atoms with van der Waals surface area (Å²) in [5, 5.41) is 11.4. The van der Waals surface area contributed by atoms with Crippen molar-refractivity contribution in [2.75, 3.05) is 49.9 Å². The van der Waals surface area contributed by atoms with Gasteiger partial charge in [0, 0.05) is 34.7 Å². The molecule has 1 N–H and O–H groups in total. The van der Waals surface area contributed by atoms with Gasteiger partial charge in [0.25, 0.3) is 0 Å². The predicted molar refractivity (Wildman–Crippen MR) is 67.2 cm³/mol. The van der Waals surface area contributed by atoms with Gasteiger partial charge in [-0.2, -0.15) is 20.2 Å². The lowest BCUT2D eigenvalue weighted by Crippen LogP contribution is -2.23. The average Bonchev–Trinajstić information content (AvgIpc) is 2.35. The first-order valence-corrected chi connectivity index (χ1v) is 5.27. The fraction of sp³-hybridized carbons (Fsp3) is 0.600. The fourth-order valence-electron chi connectivity index (χ4n) is 1.15. The van der Waals surface area contributed by atoms with Gasteiger partial charge in [0.05, 0.1) is 12.5 Å². The first-order valence-electron chi connectivity index (χ1n) is 5.27. The molecule has 0 radical (unpaired) electrons. The van der Waals surface area contributed by atoms with E-state index in [2.05, 4.69) is 26.3 Å². The number of hydrogen-bond acceptors (Lipinski definition) is 7. The third-order valence-corrected chi connectivity index (χ3v) is 2.14. The zero-order valence-electron chi connectivity index (χ0n) is 10.6. The quantitative estimate of drug-likeness (QED) is 0.787. The molecule has 0 spiro atoms. The minimum Gasteiger partial charge on any atom is -0.357 e. The molecule has 0 aliphatic carbocycles. The molecule has 0 aliphatic rings. The van der Waals surface area contributed by atoms with E-state index in [4.69, 9.17) is 5.26 Å². The summed E-state index contributed by atoms with van der Waals surface area (Å²) in [4.78, 5) is 16.4. The molecule has 0 aromatic carbocycles. The van der Waals surface area contributed by atoms with Gasteiger partial charge in [-0.25, -0.2) is 0 Å². The second kappa shape index (κ2) is 5.84. The van der Waals surface area contributed by atoms with Gasteiger partial charge in [-0.15, -0.1) is 0 Å². The summed E-state index contributed by atoms with van der Waals surface area (Å²) in [5.74, 6) is 1.66. The Balaban J connectivity index is 2.98. The standard InChI is InChI=1S/C10H17N7/c1-12-8-13-9(16(2)3)15-10(14-8)17(4)7-5-6-11/h5,7H2,1-4H3,(H,12,13,14,15). The Labute approximate surface area is 101 Å². The van der Waals surface area contributed by atoms with Crippen LogP contribution in [-0.4, -0.2) is 49.7 Å². The molecule has 0 fully saturated rings. The van der Waals surface area contributed by atoms with E-state index in [1.807, 2.05) is 30.9 Å². The van der Waals surface area contributed by atoms with Crippen molar-refractivity contribution in [2.24, 2.45) is 0 Å². The molecule has 0 aliphatic heterocycles. The Kier molecular flexibility index (Phi) is 4.46. The second-order valence-electron chi connectivity index (χ2n) is 3.73. The Morgan fingerprint density at radius 3 is 2.35 bits per heavy atom. The molecule has 7 nitrogen and oxygen atoms in total. The summed E-state index contributed by atoms with van der Waals surface area (Å²) in [6.45, 7) is 0.594. The maximum atomic E-state index is 8.56. The number of anilines is 3. The molecule has 1 rings (SSSR count). The minimum atomic E-state index is 0.439. The van der Waals surface area contributed by atoms with E-state index in [-0.39, 0.29) is 0 Å². The van der Waals surface area contributed by atoms with Crippen LogP contribution < -0.4 is 15.1 Å². The van der Waals surface area contributed by atoms with Crippen LogP contribution in [0.2, 0.25) is 0 Å². The van der Waals surface area contributed by atoms with Crippen molar-refractivity contribution in [3.05, 3.63) is 0 Å². The topological polar surface area (TPSA) is 81.0 Å². The third-order valence-electron chi connectivity index (χ3n) is 2.14. The van der Waals surface area contributed by atoms with Crippen LogP contribution in [0.3, 0.4) is 0 Å². The second-order valence-corrected chi connectivity index (χ2v) is 3.73. The van der Waals surface area contributed by atoms with E-state index in [0.717, 1.165) is 0 Å². The van der Waals surface area contributed by atoms with Crippen molar-refractivity contribution in [1.82, 2.24) is 15.0 Å². The van der Waals surface area contributed by atoms with Crippen molar-refractivity contribution in [3.8, 4) is 6.07 Å². The number of nitriles is 1. The molecular formula is C10H17N7. The van der Waals surface area contributed by atoms with Crippen LogP contribution in [0.25, 0.3) is 0 Å². The molecule has 0 bridgehead atoms. The third kappa shape index (κ3) is 3.45. The monoisotopic (exact) mass is 235 g/mol. The van der Waals surface area contributed by atoms with Crippen LogP contribution in [0.15, 0.2) is 0 Å². The molecule has 1 heterocycles. The van der Waals surface area contributed by atoms with Crippen LogP contribution in [-0.2, 0) is 0 Å². The van der Waals surface area contributed by atoms with Gasteiger partial charge in [0.15, 0.2) is 0 Å². The molecule has 0 amide bonds. The van der Waals surface area contributed by atoms with E-state index in [9.17, 15) is 0 Å². The number of aromatic nitrogens is 3. The van der Waals surface area contributed by atoms with Gasteiger partial charge in [-0.05, 0) is 0 Å². The summed E-state index contributed by atoms with van der Waals surface area (Å²) < 4.78 is 0. The molecule has 7 heteroatoms. The maximum absolute atomic E-state index is 8.56. The van der Waals surface area contributed by atoms with Gasteiger partial charge in [0.2, 0.25) is 17.8 Å². The fourth-order valence-corrected chi connectivity index (χ4v) is 1.15. The van der Waals surface area contributed by atoms with Crippen LogP contribution in [0.4, 0.5) is 17.8 Å². The van der Waals surface area contributed by atoms with Gasteiger partial charge in [-0.3, -0.25) is 0 Å². The van der Waals surface area contributed by atoms with Crippen molar-refractivity contribution < 1.29 is 0 Å². The van der Waals surface area contributed by atoms with Crippen LogP contribution in [0.5, 0.6) is 0 Å². The first-order chi connectivity index (χ1) is 8.08. The Hall–Kier alpha value is -2.10.